The van der Waals surface area contributed by atoms with E-state index in [9.17, 15) is 4.79 Å². The molecule has 0 atom stereocenters. The molecule has 2 aromatic carbocycles. The van der Waals surface area contributed by atoms with Gasteiger partial charge in [-0.15, -0.1) is 10.2 Å². The van der Waals surface area contributed by atoms with Crippen molar-refractivity contribution in [3.63, 3.8) is 0 Å². The van der Waals surface area contributed by atoms with E-state index < -0.39 is 0 Å². The molecule has 7 heteroatoms. The Morgan fingerprint density at radius 2 is 2.04 bits per heavy atom. The van der Waals surface area contributed by atoms with Crippen LogP contribution in [-0.2, 0) is 17.8 Å². The van der Waals surface area contributed by atoms with E-state index in [-0.39, 0.29) is 12.5 Å². The Bertz CT molecular complexity index is 875. The Balaban J connectivity index is 1.69. The number of para-hydroxylation sites is 1. The summed E-state index contributed by atoms with van der Waals surface area (Å²) in [7, 11) is 1.60. The number of aromatic nitrogens is 4. The van der Waals surface area contributed by atoms with E-state index in [4.69, 9.17) is 4.74 Å². The Hall–Kier alpha value is -3.22. The first-order valence-corrected chi connectivity index (χ1v) is 7.99. The number of rotatable bonds is 6. The Kier molecular flexibility index (Phi) is 5.03. The van der Waals surface area contributed by atoms with Crippen LogP contribution in [0, 0.1) is 0 Å². The summed E-state index contributed by atoms with van der Waals surface area (Å²) in [6, 6.07) is 15.1. The zero-order valence-electron chi connectivity index (χ0n) is 14.1. The minimum atomic E-state index is -0.199. The molecule has 25 heavy (non-hydrogen) atoms. The number of carbonyl (C=O) groups excluding carboxylic acids is 1. The van der Waals surface area contributed by atoms with Crippen molar-refractivity contribution in [1.29, 1.82) is 0 Å². The fourth-order valence-electron chi connectivity index (χ4n) is 2.46. The van der Waals surface area contributed by atoms with E-state index in [1.54, 1.807) is 7.11 Å². The molecular formula is C18H19N5O2. The molecule has 0 unspecified atom stereocenters. The van der Waals surface area contributed by atoms with Crippen LogP contribution >= 0.6 is 0 Å². The average molecular weight is 337 g/mol. The third-order valence-corrected chi connectivity index (χ3v) is 3.74. The second kappa shape index (κ2) is 7.57. The summed E-state index contributed by atoms with van der Waals surface area (Å²) in [5.41, 5.74) is 2.67. The number of carbonyl (C=O) groups is 1. The summed E-state index contributed by atoms with van der Waals surface area (Å²) in [5.74, 6) is 0.957. The van der Waals surface area contributed by atoms with E-state index in [1.165, 1.54) is 4.80 Å². The van der Waals surface area contributed by atoms with Crippen LogP contribution in [0.15, 0.2) is 48.5 Å². The molecule has 0 saturated heterocycles. The van der Waals surface area contributed by atoms with Crippen molar-refractivity contribution in [3.8, 4) is 17.1 Å². The average Bonchev–Trinajstić information content (AvgIpc) is 3.10. The molecule has 0 aliphatic rings. The van der Waals surface area contributed by atoms with Crippen molar-refractivity contribution in [2.45, 2.75) is 19.9 Å². The van der Waals surface area contributed by atoms with Crippen LogP contribution in [0.5, 0.6) is 5.75 Å². The summed E-state index contributed by atoms with van der Waals surface area (Å²) >= 11 is 0. The van der Waals surface area contributed by atoms with Crippen molar-refractivity contribution in [3.05, 3.63) is 54.1 Å². The molecule has 0 aliphatic carbocycles. The second-order valence-electron chi connectivity index (χ2n) is 5.43. The molecule has 1 aromatic heterocycles. The number of ether oxygens (including phenoxy) is 1. The lowest BCUT2D eigenvalue weighted by Gasteiger charge is -2.08. The number of anilines is 1. The molecule has 3 aromatic rings. The maximum Gasteiger partial charge on any atom is 0.248 e. The van der Waals surface area contributed by atoms with Gasteiger partial charge in [0.1, 0.15) is 12.3 Å². The summed E-state index contributed by atoms with van der Waals surface area (Å²) < 4.78 is 5.19. The fourth-order valence-corrected chi connectivity index (χ4v) is 2.46. The van der Waals surface area contributed by atoms with Crippen LogP contribution < -0.4 is 10.1 Å². The lowest BCUT2D eigenvalue weighted by atomic mass is 10.1. The highest BCUT2D eigenvalue weighted by Gasteiger charge is 2.11. The third-order valence-electron chi connectivity index (χ3n) is 3.74. The first-order valence-electron chi connectivity index (χ1n) is 7.99. The molecule has 0 bridgehead atoms. The summed E-state index contributed by atoms with van der Waals surface area (Å²) in [5, 5.41) is 15.1. The van der Waals surface area contributed by atoms with Crippen LogP contribution in [0.25, 0.3) is 11.4 Å². The highest BCUT2D eigenvalue weighted by atomic mass is 16.5. The van der Waals surface area contributed by atoms with Crippen LogP contribution in [0.4, 0.5) is 5.69 Å². The van der Waals surface area contributed by atoms with Crippen molar-refractivity contribution < 1.29 is 9.53 Å². The third kappa shape index (κ3) is 4.00. The monoisotopic (exact) mass is 337 g/mol. The largest absolute Gasteiger partial charge is 0.497 e. The zero-order valence-corrected chi connectivity index (χ0v) is 14.1. The fraction of sp³-hybridized carbons (Fsp3) is 0.222. The molecule has 1 heterocycles. The zero-order chi connectivity index (χ0) is 17.6. The lowest BCUT2D eigenvalue weighted by Crippen LogP contribution is -2.21. The standard InChI is InChI=1S/C18H19N5O2/c1-3-13-7-4-5-10-16(13)19-17(24)12-23-21-18(20-22-23)14-8-6-9-15(11-14)25-2/h4-11H,3,12H2,1-2H3,(H,19,24). The lowest BCUT2D eigenvalue weighted by molar-refractivity contribution is -0.117. The van der Waals surface area contributed by atoms with Gasteiger partial charge in [0.2, 0.25) is 11.7 Å². The molecule has 0 fully saturated rings. The Morgan fingerprint density at radius 1 is 1.20 bits per heavy atom. The summed E-state index contributed by atoms with van der Waals surface area (Å²) in [6.45, 7) is 2.04. The van der Waals surface area contributed by atoms with Gasteiger partial charge in [-0.2, -0.15) is 4.80 Å². The van der Waals surface area contributed by atoms with Crippen molar-refractivity contribution in [2.75, 3.05) is 12.4 Å². The number of hydrogen-bond acceptors (Lipinski definition) is 5. The number of nitrogens with one attached hydrogen (secondary N) is 1. The molecule has 128 valence electrons. The van der Waals surface area contributed by atoms with Gasteiger partial charge in [-0.05, 0) is 35.4 Å². The van der Waals surface area contributed by atoms with E-state index >= 15 is 0 Å². The maximum absolute atomic E-state index is 12.2. The van der Waals surface area contributed by atoms with Gasteiger partial charge in [-0.1, -0.05) is 37.3 Å². The number of benzene rings is 2. The SMILES string of the molecule is CCc1ccccc1NC(=O)Cn1nnc(-c2cccc(OC)c2)n1. The molecule has 0 radical (unpaired) electrons. The van der Waals surface area contributed by atoms with Gasteiger partial charge in [0.25, 0.3) is 0 Å². The van der Waals surface area contributed by atoms with Crippen molar-refractivity contribution in [1.82, 2.24) is 20.2 Å². The maximum atomic E-state index is 12.2. The van der Waals surface area contributed by atoms with E-state index in [0.29, 0.717) is 11.6 Å². The van der Waals surface area contributed by atoms with E-state index in [0.717, 1.165) is 23.2 Å². The number of tetrazole rings is 1. The smallest absolute Gasteiger partial charge is 0.248 e. The van der Waals surface area contributed by atoms with Gasteiger partial charge < -0.3 is 10.1 Å². The molecule has 1 N–H and O–H groups in total. The topological polar surface area (TPSA) is 81.9 Å². The molecule has 1 amide bonds. The Labute approximate surface area is 145 Å². The predicted octanol–water partition coefficient (Wildman–Crippen LogP) is 2.55. The Morgan fingerprint density at radius 3 is 2.84 bits per heavy atom. The first kappa shape index (κ1) is 16.6. The quantitative estimate of drug-likeness (QED) is 0.747. The van der Waals surface area contributed by atoms with Gasteiger partial charge in [-0.3, -0.25) is 4.79 Å². The van der Waals surface area contributed by atoms with Gasteiger partial charge in [0.05, 0.1) is 7.11 Å². The molecular weight excluding hydrogens is 318 g/mol. The first-order chi connectivity index (χ1) is 12.2. The van der Waals surface area contributed by atoms with E-state index in [2.05, 4.69) is 20.7 Å². The highest BCUT2D eigenvalue weighted by Crippen LogP contribution is 2.20. The minimum Gasteiger partial charge on any atom is -0.497 e. The van der Waals surface area contributed by atoms with Gasteiger partial charge in [-0.25, -0.2) is 0 Å². The molecule has 0 spiro atoms. The normalized spacial score (nSPS) is 10.5. The van der Waals surface area contributed by atoms with Gasteiger partial charge in [0.15, 0.2) is 0 Å². The minimum absolute atomic E-state index is 0.00494. The number of nitrogens with zero attached hydrogens (tertiary/aromatic N) is 4. The van der Waals surface area contributed by atoms with Crippen LogP contribution in [-0.4, -0.2) is 33.2 Å². The van der Waals surface area contributed by atoms with Crippen LogP contribution in [0.2, 0.25) is 0 Å². The van der Waals surface area contributed by atoms with E-state index in [1.807, 2.05) is 55.5 Å². The number of hydrogen-bond donors (Lipinski definition) is 1. The number of amides is 1. The van der Waals surface area contributed by atoms with Crippen molar-refractivity contribution in [2.24, 2.45) is 0 Å². The molecule has 0 saturated carbocycles. The van der Waals surface area contributed by atoms with Crippen LogP contribution in [0.3, 0.4) is 0 Å². The number of aryl methyl sites for hydroxylation is 1. The summed E-state index contributed by atoms with van der Waals surface area (Å²) in [4.78, 5) is 13.5. The van der Waals surface area contributed by atoms with Crippen molar-refractivity contribution >= 4 is 11.6 Å². The summed E-state index contributed by atoms with van der Waals surface area (Å²) in [6.07, 6.45) is 0.845. The molecule has 3 rings (SSSR count). The van der Waals surface area contributed by atoms with Gasteiger partial charge in [0, 0.05) is 11.3 Å². The van der Waals surface area contributed by atoms with Gasteiger partial charge >= 0.3 is 0 Å². The second-order valence-corrected chi connectivity index (χ2v) is 5.43. The molecule has 7 nitrogen and oxygen atoms in total. The molecule has 0 aliphatic heterocycles. The number of methoxy groups -OCH3 is 1. The highest BCUT2D eigenvalue weighted by molar-refractivity contribution is 5.91. The van der Waals surface area contributed by atoms with Crippen LogP contribution in [0.1, 0.15) is 12.5 Å². The predicted molar refractivity (Wildman–Crippen MR) is 94.3 cm³/mol.